The van der Waals surface area contributed by atoms with Crippen molar-refractivity contribution < 1.29 is 0 Å². The summed E-state index contributed by atoms with van der Waals surface area (Å²) in [5.74, 6) is 0. The summed E-state index contributed by atoms with van der Waals surface area (Å²) in [7, 11) is 0. The maximum absolute atomic E-state index is 4.42. The van der Waals surface area contributed by atoms with E-state index in [1.807, 2.05) is 29.1 Å². The molecule has 0 aliphatic carbocycles. The zero-order chi connectivity index (χ0) is 12.4. The fourth-order valence-corrected chi connectivity index (χ4v) is 2.01. The van der Waals surface area contributed by atoms with Crippen LogP contribution in [0.15, 0.2) is 67.0 Å². The molecule has 0 bridgehead atoms. The standard InChI is InChI=1S/C16H14N2/c1-13-6-5-9-16(10-13)18-12-15(11-17-18)14-7-3-2-4-8-14/h2-12H,1H3. The van der Waals surface area contributed by atoms with Crippen LogP contribution < -0.4 is 0 Å². The first-order chi connectivity index (χ1) is 8.83. The number of benzene rings is 2. The van der Waals surface area contributed by atoms with Gasteiger partial charge in [0.15, 0.2) is 0 Å². The summed E-state index contributed by atoms with van der Waals surface area (Å²) in [6.07, 6.45) is 3.96. The highest BCUT2D eigenvalue weighted by Crippen LogP contribution is 2.19. The minimum atomic E-state index is 1.09. The van der Waals surface area contributed by atoms with E-state index in [4.69, 9.17) is 0 Å². The lowest BCUT2D eigenvalue weighted by Gasteiger charge is -2.01. The van der Waals surface area contributed by atoms with Crippen molar-refractivity contribution in [3.05, 3.63) is 72.6 Å². The summed E-state index contributed by atoms with van der Waals surface area (Å²) < 4.78 is 1.91. The van der Waals surface area contributed by atoms with Crippen LogP contribution in [0.3, 0.4) is 0 Å². The Morgan fingerprint density at radius 1 is 0.889 bits per heavy atom. The molecule has 1 heterocycles. The fourth-order valence-electron chi connectivity index (χ4n) is 2.01. The van der Waals surface area contributed by atoms with Crippen LogP contribution in [-0.2, 0) is 0 Å². The molecule has 0 unspecified atom stereocenters. The molecule has 0 atom stereocenters. The van der Waals surface area contributed by atoms with E-state index >= 15 is 0 Å². The molecule has 0 radical (unpaired) electrons. The molecule has 1 aromatic heterocycles. The van der Waals surface area contributed by atoms with E-state index in [9.17, 15) is 0 Å². The smallest absolute Gasteiger partial charge is 0.0648 e. The van der Waals surface area contributed by atoms with E-state index in [0.29, 0.717) is 0 Å². The lowest BCUT2D eigenvalue weighted by Crippen LogP contribution is -1.93. The highest BCUT2D eigenvalue weighted by atomic mass is 15.3. The summed E-state index contributed by atoms with van der Waals surface area (Å²) in [5, 5.41) is 4.42. The first kappa shape index (κ1) is 10.8. The van der Waals surface area contributed by atoms with Crippen LogP contribution in [0.2, 0.25) is 0 Å². The maximum atomic E-state index is 4.42. The van der Waals surface area contributed by atoms with E-state index in [1.165, 1.54) is 11.1 Å². The van der Waals surface area contributed by atoms with Crippen molar-refractivity contribution in [3.63, 3.8) is 0 Å². The van der Waals surface area contributed by atoms with Gasteiger partial charge in [-0.05, 0) is 30.2 Å². The van der Waals surface area contributed by atoms with Crippen molar-refractivity contribution in [3.8, 4) is 16.8 Å². The summed E-state index contributed by atoms with van der Waals surface area (Å²) in [6.45, 7) is 2.09. The maximum Gasteiger partial charge on any atom is 0.0648 e. The van der Waals surface area contributed by atoms with Gasteiger partial charge in [0.2, 0.25) is 0 Å². The summed E-state index contributed by atoms with van der Waals surface area (Å²) in [5.41, 5.74) is 4.66. The molecule has 0 aliphatic heterocycles. The van der Waals surface area contributed by atoms with Crippen molar-refractivity contribution in [2.24, 2.45) is 0 Å². The lowest BCUT2D eigenvalue weighted by molar-refractivity contribution is 0.879. The molecular formula is C16H14N2. The zero-order valence-electron chi connectivity index (χ0n) is 10.2. The molecule has 0 fully saturated rings. The van der Waals surface area contributed by atoms with Gasteiger partial charge in [-0.2, -0.15) is 5.10 Å². The summed E-state index contributed by atoms with van der Waals surface area (Å²) >= 11 is 0. The van der Waals surface area contributed by atoms with Gasteiger partial charge in [0.05, 0.1) is 11.9 Å². The molecule has 2 heteroatoms. The van der Waals surface area contributed by atoms with Crippen molar-refractivity contribution in [1.82, 2.24) is 9.78 Å². The monoisotopic (exact) mass is 234 g/mol. The van der Waals surface area contributed by atoms with E-state index in [-0.39, 0.29) is 0 Å². The van der Waals surface area contributed by atoms with Crippen LogP contribution in [0.5, 0.6) is 0 Å². The molecule has 0 spiro atoms. The Morgan fingerprint density at radius 2 is 1.72 bits per heavy atom. The van der Waals surface area contributed by atoms with Gasteiger partial charge in [0.1, 0.15) is 0 Å². The quantitative estimate of drug-likeness (QED) is 0.658. The Hall–Kier alpha value is -2.35. The average Bonchev–Trinajstić information content (AvgIpc) is 2.89. The first-order valence-corrected chi connectivity index (χ1v) is 6.00. The second-order valence-electron chi connectivity index (χ2n) is 4.38. The molecular weight excluding hydrogens is 220 g/mol. The highest BCUT2D eigenvalue weighted by Gasteiger charge is 2.02. The molecule has 2 aromatic carbocycles. The Labute approximate surface area is 107 Å². The SMILES string of the molecule is Cc1cccc(-n2cc(-c3ccccc3)cn2)c1. The number of rotatable bonds is 2. The van der Waals surface area contributed by atoms with Crippen LogP contribution in [0.25, 0.3) is 16.8 Å². The molecule has 3 aromatic rings. The van der Waals surface area contributed by atoms with Crippen molar-refractivity contribution in [2.45, 2.75) is 6.92 Å². The second kappa shape index (κ2) is 4.49. The molecule has 0 N–H and O–H groups in total. The van der Waals surface area contributed by atoms with Crippen molar-refractivity contribution >= 4 is 0 Å². The van der Waals surface area contributed by atoms with Crippen LogP contribution >= 0.6 is 0 Å². The Balaban J connectivity index is 2.00. The van der Waals surface area contributed by atoms with Gasteiger partial charge in [-0.25, -0.2) is 4.68 Å². The molecule has 0 saturated heterocycles. The predicted molar refractivity (Wildman–Crippen MR) is 73.7 cm³/mol. The predicted octanol–water partition coefficient (Wildman–Crippen LogP) is 3.85. The number of hydrogen-bond donors (Lipinski definition) is 0. The Morgan fingerprint density at radius 3 is 2.50 bits per heavy atom. The molecule has 0 saturated carbocycles. The van der Waals surface area contributed by atoms with Crippen LogP contribution in [0, 0.1) is 6.92 Å². The number of aryl methyl sites for hydroxylation is 1. The van der Waals surface area contributed by atoms with Crippen molar-refractivity contribution in [2.75, 3.05) is 0 Å². The van der Waals surface area contributed by atoms with Crippen LogP contribution in [0.1, 0.15) is 5.56 Å². The van der Waals surface area contributed by atoms with Crippen LogP contribution in [-0.4, -0.2) is 9.78 Å². The van der Waals surface area contributed by atoms with E-state index in [2.05, 4.69) is 54.6 Å². The number of aromatic nitrogens is 2. The third kappa shape index (κ3) is 2.05. The number of hydrogen-bond acceptors (Lipinski definition) is 1. The van der Waals surface area contributed by atoms with Gasteiger partial charge in [0.25, 0.3) is 0 Å². The fraction of sp³-hybridized carbons (Fsp3) is 0.0625. The zero-order valence-corrected chi connectivity index (χ0v) is 10.2. The lowest BCUT2D eigenvalue weighted by atomic mass is 10.1. The van der Waals surface area contributed by atoms with E-state index in [1.54, 1.807) is 0 Å². The Bertz CT molecular complexity index is 654. The first-order valence-electron chi connectivity index (χ1n) is 6.00. The summed E-state index contributed by atoms with van der Waals surface area (Å²) in [6, 6.07) is 18.6. The molecule has 0 amide bonds. The van der Waals surface area contributed by atoms with Gasteiger partial charge in [-0.3, -0.25) is 0 Å². The van der Waals surface area contributed by atoms with Gasteiger partial charge in [-0.1, -0.05) is 42.5 Å². The molecule has 0 aliphatic rings. The molecule has 3 rings (SSSR count). The highest BCUT2D eigenvalue weighted by molar-refractivity contribution is 5.62. The molecule has 2 nitrogen and oxygen atoms in total. The van der Waals surface area contributed by atoms with E-state index < -0.39 is 0 Å². The normalized spacial score (nSPS) is 10.5. The topological polar surface area (TPSA) is 17.8 Å². The van der Waals surface area contributed by atoms with Gasteiger partial charge < -0.3 is 0 Å². The third-order valence-electron chi connectivity index (χ3n) is 2.96. The minimum absolute atomic E-state index is 1.09. The average molecular weight is 234 g/mol. The van der Waals surface area contributed by atoms with Crippen molar-refractivity contribution in [1.29, 1.82) is 0 Å². The molecule has 88 valence electrons. The summed E-state index contributed by atoms with van der Waals surface area (Å²) in [4.78, 5) is 0. The van der Waals surface area contributed by atoms with Gasteiger partial charge in [-0.15, -0.1) is 0 Å². The minimum Gasteiger partial charge on any atom is -0.240 e. The number of nitrogens with zero attached hydrogens (tertiary/aromatic N) is 2. The second-order valence-corrected chi connectivity index (χ2v) is 4.38. The molecule has 18 heavy (non-hydrogen) atoms. The largest absolute Gasteiger partial charge is 0.240 e. The Kier molecular flexibility index (Phi) is 2.69. The van der Waals surface area contributed by atoms with Gasteiger partial charge in [0, 0.05) is 11.8 Å². The van der Waals surface area contributed by atoms with Gasteiger partial charge >= 0.3 is 0 Å². The van der Waals surface area contributed by atoms with Crippen LogP contribution in [0.4, 0.5) is 0 Å². The van der Waals surface area contributed by atoms with E-state index in [0.717, 1.165) is 11.3 Å². The third-order valence-corrected chi connectivity index (χ3v) is 2.96.